The normalized spacial score (nSPS) is 11.2. The highest BCUT2D eigenvalue weighted by Crippen LogP contribution is 2.15. The van der Waals surface area contributed by atoms with Gasteiger partial charge < -0.3 is 5.32 Å². The van der Waals surface area contributed by atoms with Crippen LogP contribution in [0.3, 0.4) is 0 Å². The minimum absolute atomic E-state index is 0.919. The number of ether oxygens (including phenoxy) is 1. The highest BCUT2D eigenvalue weighted by atomic mass is 19.4. The Hall–Kier alpha value is -0.780. The number of halogens is 3. The van der Waals surface area contributed by atoms with Gasteiger partial charge in [-0.05, 0) is 0 Å². The number of hydrogen-bond donors (Lipinski definition) is 1. The van der Waals surface area contributed by atoms with Gasteiger partial charge in [0, 0.05) is 7.05 Å². The molecule has 0 spiro atoms. The van der Waals surface area contributed by atoms with Crippen molar-refractivity contribution in [3.05, 3.63) is 7.05 Å². The number of amides is 1. The molecule has 0 fully saturated rings. The van der Waals surface area contributed by atoms with Crippen molar-refractivity contribution >= 4 is 5.91 Å². The molecule has 0 heterocycles. The van der Waals surface area contributed by atoms with E-state index in [-0.39, 0.29) is 0 Å². The Labute approximate surface area is 55.2 Å². The molecule has 0 bridgehead atoms. The van der Waals surface area contributed by atoms with Crippen molar-refractivity contribution in [3.8, 4) is 0 Å². The van der Waals surface area contributed by atoms with Crippen molar-refractivity contribution in [1.82, 2.24) is 5.32 Å². The Bertz CT molecular complexity index is 122. The lowest BCUT2D eigenvalue weighted by Gasteiger charge is -2.04. The minimum atomic E-state index is -4.76. The first-order valence-electron chi connectivity index (χ1n) is 2.22. The molecule has 6 heteroatoms. The second kappa shape index (κ2) is 3.40. The third-order valence-corrected chi connectivity index (χ3v) is 0.564. The number of carbonyl (C=O) groups excluding carboxylic acids is 1. The lowest BCUT2D eigenvalue weighted by Crippen LogP contribution is -2.26. The van der Waals surface area contributed by atoms with Gasteiger partial charge in [-0.1, -0.05) is 0 Å². The van der Waals surface area contributed by atoms with Crippen LogP contribution in [0, 0.1) is 7.05 Å². The first kappa shape index (κ1) is 9.22. The van der Waals surface area contributed by atoms with Gasteiger partial charge in [-0.15, -0.1) is 13.2 Å². The summed E-state index contributed by atoms with van der Waals surface area (Å²) in [6.07, 6.45) is -4.76. The van der Waals surface area contributed by atoms with Crippen LogP contribution < -0.4 is 5.32 Å². The van der Waals surface area contributed by atoms with E-state index in [1.54, 1.807) is 5.32 Å². The predicted molar refractivity (Wildman–Crippen MR) is 25.5 cm³/mol. The predicted octanol–water partition coefficient (Wildman–Crippen LogP) is 0.431. The average molecular weight is 156 g/mol. The molecule has 0 saturated heterocycles. The summed E-state index contributed by atoms with van der Waals surface area (Å²) >= 11 is 0. The van der Waals surface area contributed by atoms with Crippen molar-refractivity contribution < 1.29 is 22.7 Å². The Morgan fingerprint density at radius 2 is 2.10 bits per heavy atom. The minimum Gasteiger partial charge on any atom is -0.352 e. The van der Waals surface area contributed by atoms with Crippen LogP contribution in [0.5, 0.6) is 0 Å². The molecule has 59 valence electrons. The van der Waals surface area contributed by atoms with E-state index in [9.17, 15) is 18.0 Å². The first-order chi connectivity index (χ1) is 4.45. The molecule has 0 aliphatic rings. The van der Waals surface area contributed by atoms with Gasteiger partial charge in [0.05, 0.1) is 0 Å². The van der Waals surface area contributed by atoms with Crippen molar-refractivity contribution in [2.45, 2.75) is 6.36 Å². The molecule has 0 saturated carbocycles. The van der Waals surface area contributed by atoms with Crippen molar-refractivity contribution in [1.29, 1.82) is 0 Å². The van der Waals surface area contributed by atoms with E-state index in [0.717, 1.165) is 0 Å². The molecular weight excluding hydrogens is 151 g/mol. The van der Waals surface area contributed by atoms with Crippen LogP contribution in [0.25, 0.3) is 0 Å². The van der Waals surface area contributed by atoms with Crippen LogP contribution in [0.4, 0.5) is 13.2 Å². The number of rotatable bonds is 2. The second-order valence-corrected chi connectivity index (χ2v) is 1.33. The highest BCUT2D eigenvalue weighted by molar-refractivity contribution is 5.77. The van der Waals surface area contributed by atoms with Gasteiger partial charge in [0.15, 0.2) is 0 Å². The maximum absolute atomic E-state index is 11.1. The van der Waals surface area contributed by atoms with Gasteiger partial charge in [-0.3, -0.25) is 9.53 Å². The fraction of sp³-hybridized carbons (Fsp3) is 0.500. The summed E-state index contributed by atoms with van der Waals surface area (Å²) in [5.74, 6) is -0.919. The van der Waals surface area contributed by atoms with E-state index < -0.39 is 18.9 Å². The van der Waals surface area contributed by atoms with Gasteiger partial charge in [0.25, 0.3) is 0 Å². The van der Waals surface area contributed by atoms with Crippen LogP contribution in [0.15, 0.2) is 0 Å². The summed E-state index contributed by atoms with van der Waals surface area (Å²) in [7, 11) is 2.84. The lowest BCUT2D eigenvalue weighted by molar-refractivity contribution is -0.321. The van der Waals surface area contributed by atoms with E-state index in [1.807, 2.05) is 0 Å². The molecule has 1 N–H and O–H groups in total. The Kier molecular flexibility index (Phi) is 3.14. The van der Waals surface area contributed by atoms with E-state index >= 15 is 0 Å². The summed E-state index contributed by atoms with van der Waals surface area (Å²) in [4.78, 5) is 10.1. The van der Waals surface area contributed by atoms with Gasteiger partial charge >= 0.3 is 6.36 Å². The molecular formula is C4H5F3NO2. The van der Waals surface area contributed by atoms with Crippen molar-refractivity contribution in [2.24, 2.45) is 0 Å². The number of carbonyl (C=O) groups is 1. The second-order valence-electron chi connectivity index (χ2n) is 1.33. The summed E-state index contributed by atoms with van der Waals surface area (Å²) in [5, 5.41) is 1.72. The summed E-state index contributed by atoms with van der Waals surface area (Å²) in [6.45, 7) is -1.05. The zero-order valence-electron chi connectivity index (χ0n) is 4.86. The van der Waals surface area contributed by atoms with E-state index in [4.69, 9.17) is 0 Å². The molecule has 0 aromatic carbocycles. The average Bonchev–Trinajstić information content (AvgIpc) is 1.81. The van der Waals surface area contributed by atoms with E-state index in [2.05, 4.69) is 11.8 Å². The van der Waals surface area contributed by atoms with Crippen LogP contribution >= 0.6 is 0 Å². The van der Waals surface area contributed by atoms with Crippen molar-refractivity contribution in [2.75, 3.05) is 6.61 Å². The largest absolute Gasteiger partial charge is 0.523 e. The van der Waals surface area contributed by atoms with Gasteiger partial charge in [-0.25, -0.2) is 0 Å². The number of alkyl halides is 3. The molecule has 0 aromatic heterocycles. The lowest BCUT2D eigenvalue weighted by atomic mass is 10.7. The zero-order chi connectivity index (χ0) is 8.20. The monoisotopic (exact) mass is 156 g/mol. The third kappa shape index (κ3) is 5.36. The van der Waals surface area contributed by atoms with Gasteiger partial charge in [0.2, 0.25) is 5.91 Å². The number of nitrogens with one attached hydrogen (secondary N) is 1. The molecule has 1 radical (unpaired) electrons. The topological polar surface area (TPSA) is 38.3 Å². The van der Waals surface area contributed by atoms with Gasteiger partial charge in [-0.2, -0.15) is 0 Å². The van der Waals surface area contributed by atoms with Crippen molar-refractivity contribution in [3.63, 3.8) is 0 Å². The fourth-order valence-electron chi connectivity index (χ4n) is 0.198. The van der Waals surface area contributed by atoms with Crippen LogP contribution in [0.2, 0.25) is 0 Å². The quantitative estimate of drug-likeness (QED) is 0.629. The van der Waals surface area contributed by atoms with Crippen LogP contribution in [-0.4, -0.2) is 18.9 Å². The van der Waals surface area contributed by atoms with E-state index in [0.29, 0.717) is 0 Å². The smallest absolute Gasteiger partial charge is 0.352 e. The van der Waals surface area contributed by atoms with E-state index in [1.165, 1.54) is 0 Å². The fourth-order valence-corrected chi connectivity index (χ4v) is 0.198. The summed E-state index contributed by atoms with van der Waals surface area (Å²) in [5.41, 5.74) is 0. The summed E-state index contributed by atoms with van der Waals surface area (Å²) < 4.78 is 36.5. The maximum atomic E-state index is 11.1. The molecule has 0 aromatic rings. The molecule has 3 nitrogen and oxygen atoms in total. The Morgan fingerprint density at radius 1 is 1.60 bits per heavy atom. The molecule has 1 amide bonds. The number of hydrogen-bond acceptors (Lipinski definition) is 2. The highest BCUT2D eigenvalue weighted by Gasteiger charge is 2.29. The molecule has 10 heavy (non-hydrogen) atoms. The standard InChI is InChI=1S/C4H5F3NO2/c1-8-3(9)2-10-4(5,6)7/h1-2H2,(H,8,9). The maximum Gasteiger partial charge on any atom is 0.523 e. The Balaban J connectivity index is 3.46. The Morgan fingerprint density at radius 3 is 2.40 bits per heavy atom. The van der Waals surface area contributed by atoms with Gasteiger partial charge in [0.1, 0.15) is 6.61 Å². The molecule has 0 unspecified atom stereocenters. The first-order valence-corrected chi connectivity index (χ1v) is 2.22. The zero-order valence-corrected chi connectivity index (χ0v) is 4.86. The van der Waals surface area contributed by atoms with Crippen LogP contribution in [0.1, 0.15) is 0 Å². The van der Waals surface area contributed by atoms with Crippen LogP contribution in [-0.2, 0) is 9.53 Å². The molecule has 0 aliphatic heterocycles. The summed E-state index contributed by atoms with van der Waals surface area (Å²) in [6, 6.07) is 0. The SMILES string of the molecule is [CH2]NC(=O)COC(F)(F)F. The molecule has 0 aliphatic carbocycles. The third-order valence-electron chi connectivity index (χ3n) is 0.564. The molecule has 0 atom stereocenters. The molecule has 0 rings (SSSR count).